The van der Waals surface area contributed by atoms with Crippen LogP contribution < -0.4 is 0 Å². The van der Waals surface area contributed by atoms with Gasteiger partial charge < -0.3 is 9.84 Å². The van der Waals surface area contributed by atoms with E-state index in [2.05, 4.69) is 17.4 Å². The second-order valence-electron chi connectivity index (χ2n) is 1.32. The molecule has 2 nitrogen and oxygen atoms in total. The lowest BCUT2D eigenvalue weighted by molar-refractivity contribution is 0.101. The van der Waals surface area contributed by atoms with Crippen molar-refractivity contribution in [2.45, 2.75) is 13.8 Å². The molecule has 0 aliphatic rings. The van der Waals surface area contributed by atoms with E-state index in [0.29, 0.717) is 11.5 Å². The molecule has 0 radical (unpaired) electrons. The van der Waals surface area contributed by atoms with Crippen LogP contribution in [0.4, 0.5) is 0 Å². The smallest absolute Gasteiger partial charge is 0.286 e. The van der Waals surface area contributed by atoms with E-state index < -0.39 is 0 Å². The minimum atomic E-state index is -0.0872. The Hall–Kier alpha value is -0.310. The molecule has 48 valence electrons. The molecule has 0 saturated heterocycles. The van der Waals surface area contributed by atoms with Crippen molar-refractivity contribution in [1.82, 2.24) is 0 Å². The van der Waals surface area contributed by atoms with Gasteiger partial charge in [-0.15, -0.1) is 12.6 Å². The highest BCUT2D eigenvalue weighted by molar-refractivity contribution is 7.84. The average molecular weight is 134 g/mol. The van der Waals surface area contributed by atoms with Crippen molar-refractivity contribution in [3.05, 3.63) is 10.9 Å². The predicted molar refractivity (Wildman–Crippen MR) is 35.9 cm³/mol. The summed E-state index contributed by atoms with van der Waals surface area (Å²) in [4.78, 5) is 0.506. The van der Waals surface area contributed by atoms with Crippen molar-refractivity contribution >= 4 is 12.6 Å². The molecule has 0 amide bonds. The van der Waals surface area contributed by atoms with Gasteiger partial charge in [0.2, 0.25) is 0 Å². The van der Waals surface area contributed by atoms with E-state index in [1.54, 1.807) is 13.8 Å². The summed E-state index contributed by atoms with van der Waals surface area (Å²) in [5.74, 6) is -0.0872. The van der Waals surface area contributed by atoms with Crippen LogP contribution >= 0.6 is 12.6 Å². The maximum absolute atomic E-state index is 8.71. The van der Waals surface area contributed by atoms with E-state index in [1.807, 2.05) is 0 Å². The largest absolute Gasteiger partial charge is 0.480 e. The summed E-state index contributed by atoms with van der Waals surface area (Å²) in [7, 11) is 0. The summed E-state index contributed by atoms with van der Waals surface area (Å²) >= 11 is 3.83. The number of hydrogen-bond donors (Lipinski definition) is 2. The van der Waals surface area contributed by atoms with Gasteiger partial charge in [-0.25, -0.2) is 0 Å². The fraction of sp³-hybridized carbons (Fsp3) is 0.600. The highest BCUT2D eigenvalue weighted by Crippen LogP contribution is 2.04. The maximum atomic E-state index is 8.71. The molecule has 1 N–H and O–H groups in total. The third kappa shape index (κ3) is 2.80. The quantitative estimate of drug-likeness (QED) is 0.444. The van der Waals surface area contributed by atoms with Gasteiger partial charge in [-0.3, -0.25) is 0 Å². The number of aliphatic hydroxyl groups is 1. The molecule has 3 heteroatoms. The Morgan fingerprint density at radius 1 is 1.75 bits per heavy atom. The van der Waals surface area contributed by atoms with Crippen LogP contribution in [0.1, 0.15) is 13.8 Å². The van der Waals surface area contributed by atoms with E-state index >= 15 is 0 Å². The molecule has 0 bridgehead atoms. The Kier molecular flexibility index (Phi) is 3.52. The van der Waals surface area contributed by atoms with Gasteiger partial charge in [0.15, 0.2) is 0 Å². The van der Waals surface area contributed by atoms with Gasteiger partial charge in [0.25, 0.3) is 5.95 Å². The maximum Gasteiger partial charge on any atom is 0.286 e. The lowest BCUT2D eigenvalue weighted by atomic mass is 10.7. The van der Waals surface area contributed by atoms with Crippen LogP contribution in [0.5, 0.6) is 0 Å². The molecule has 0 heterocycles. The summed E-state index contributed by atoms with van der Waals surface area (Å²) in [5, 5.41) is 8.71. The van der Waals surface area contributed by atoms with Crippen LogP contribution in [0, 0.1) is 0 Å². The fourth-order valence-electron chi connectivity index (χ4n) is 0.241. The van der Waals surface area contributed by atoms with Gasteiger partial charge in [-0.2, -0.15) is 0 Å². The summed E-state index contributed by atoms with van der Waals surface area (Å²) in [5.41, 5.74) is 0. The van der Waals surface area contributed by atoms with Gasteiger partial charge in [0.1, 0.15) is 0 Å². The second-order valence-corrected chi connectivity index (χ2v) is 1.99. The Morgan fingerprint density at radius 3 is 2.38 bits per heavy atom. The zero-order valence-corrected chi connectivity index (χ0v) is 5.90. The van der Waals surface area contributed by atoms with E-state index in [1.165, 1.54) is 0 Å². The van der Waals surface area contributed by atoms with Crippen LogP contribution in [0.2, 0.25) is 0 Å². The highest BCUT2D eigenvalue weighted by Gasteiger charge is 1.92. The van der Waals surface area contributed by atoms with Gasteiger partial charge >= 0.3 is 0 Å². The van der Waals surface area contributed by atoms with Gasteiger partial charge in [0, 0.05) is 0 Å². The number of rotatable bonds is 2. The molecule has 0 aliphatic heterocycles. The van der Waals surface area contributed by atoms with Crippen LogP contribution in [-0.4, -0.2) is 11.7 Å². The number of allylic oxidation sites excluding steroid dienone is 1. The van der Waals surface area contributed by atoms with Crippen molar-refractivity contribution in [3.63, 3.8) is 0 Å². The van der Waals surface area contributed by atoms with Crippen LogP contribution in [0.15, 0.2) is 10.9 Å². The normalized spacial score (nSPS) is 12.9. The summed E-state index contributed by atoms with van der Waals surface area (Å²) in [6, 6.07) is 0. The molecule has 0 unspecified atom stereocenters. The molecule has 0 aliphatic carbocycles. The van der Waals surface area contributed by atoms with Crippen LogP contribution in [0.3, 0.4) is 0 Å². The summed E-state index contributed by atoms with van der Waals surface area (Å²) < 4.78 is 4.66. The second kappa shape index (κ2) is 3.66. The first kappa shape index (κ1) is 7.69. The minimum absolute atomic E-state index is 0.0872. The zero-order chi connectivity index (χ0) is 6.57. The lowest BCUT2D eigenvalue weighted by Gasteiger charge is -1.99. The molecule has 0 fully saturated rings. The van der Waals surface area contributed by atoms with Gasteiger partial charge in [-0.05, 0) is 13.8 Å². The lowest BCUT2D eigenvalue weighted by Crippen LogP contribution is -1.90. The van der Waals surface area contributed by atoms with E-state index in [-0.39, 0.29) is 5.95 Å². The third-order valence-electron chi connectivity index (χ3n) is 0.591. The van der Waals surface area contributed by atoms with E-state index in [0.717, 1.165) is 0 Å². The molecular weight excluding hydrogens is 124 g/mol. The van der Waals surface area contributed by atoms with Crippen molar-refractivity contribution < 1.29 is 9.84 Å². The Bertz CT molecular complexity index is 94.6. The molecule has 0 saturated carbocycles. The van der Waals surface area contributed by atoms with Crippen LogP contribution in [-0.2, 0) is 4.74 Å². The molecular formula is C5H10O2S. The molecule has 0 aromatic carbocycles. The number of aliphatic hydroxyl groups excluding tert-OH is 1. The SMILES string of the molecule is CCOC(O)=C(C)S. The first-order valence-corrected chi connectivity index (χ1v) is 2.84. The van der Waals surface area contributed by atoms with Crippen molar-refractivity contribution in [2.75, 3.05) is 6.61 Å². The predicted octanol–water partition coefficient (Wildman–Crippen LogP) is 1.70. The first-order chi connectivity index (χ1) is 3.68. The molecule has 8 heavy (non-hydrogen) atoms. The Balaban J connectivity index is 3.62. The van der Waals surface area contributed by atoms with Crippen molar-refractivity contribution in [2.24, 2.45) is 0 Å². The van der Waals surface area contributed by atoms with Gasteiger partial charge in [0.05, 0.1) is 11.5 Å². The first-order valence-electron chi connectivity index (χ1n) is 2.40. The Morgan fingerprint density at radius 2 is 2.25 bits per heavy atom. The fourth-order valence-corrected chi connectivity index (χ4v) is 0.306. The molecule has 0 rings (SSSR count). The van der Waals surface area contributed by atoms with Crippen LogP contribution in [0.25, 0.3) is 0 Å². The highest BCUT2D eigenvalue weighted by atomic mass is 32.1. The molecule has 0 atom stereocenters. The molecule has 0 spiro atoms. The Labute approximate surface area is 54.6 Å². The zero-order valence-electron chi connectivity index (χ0n) is 5.01. The summed E-state index contributed by atoms with van der Waals surface area (Å²) in [6.45, 7) is 3.94. The molecule has 0 aromatic rings. The van der Waals surface area contributed by atoms with Gasteiger partial charge in [-0.1, -0.05) is 0 Å². The number of ether oxygens (including phenoxy) is 1. The third-order valence-corrected chi connectivity index (χ3v) is 0.782. The average Bonchev–Trinajstić information content (AvgIpc) is 1.67. The number of hydrogen-bond acceptors (Lipinski definition) is 3. The standard InChI is InChI=1S/C5H10O2S/c1-3-7-5(6)4(2)8/h6,8H,3H2,1-2H3. The van der Waals surface area contributed by atoms with E-state index in [4.69, 9.17) is 5.11 Å². The van der Waals surface area contributed by atoms with Crippen molar-refractivity contribution in [1.29, 1.82) is 0 Å². The van der Waals surface area contributed by atoms with Crippen molar-refractivity contribution in [3.8, 4) is 0 Å². The monoisotopic (exact) mass is 134 g/mol. The number of thiol groups is 1. The molecule has 0 aromatic heterocycles. The van der Waals surface area contributed by atoms with E-state index in [9.17, 15) is 0 Å². The topological polar surface area (TPSA) is 29.5 Å². The summed E-state index contributed by atoms with van der Waals surface area (Å²) in [6.07, 6.45) is 0. The minimum Gasteiger partial charge on any atom is -0.480 e.